The van der Waals surface area contributed by atoms with Crippen LogP contribution in [0.15, 0.2) is 5.38 Å². The highest BCUT2D eigenvalue weighted by Gasteiger charge is 2.35. The van der Waals surface area contributed by atoms with Crippen LogP contribution in [0.5, 0.6) is 5.75 Å². The second-order valence-electron chi connectivity index (χ2n) is 6.66. The van der Waals surface area contributed by atoms with Gasteiger partial charge in [-0.05, 0) is 19.8 Å². The summed E-state index contributed by atoms with van der Waals surface area (Å²) < 4.78 is 32.5. The summed E-state index contributed by atoms with van der Waals surface area (Å²) in [4.78, 5) is 23.6. The van der Waals surface area contributed by atoms with Gasteiger partial charge in [0.15, 0.2) is 27.6 Å². The molecular weight excluding hydrogens is 428 g/mol. The topological polar surface area (TPSA) is 109 Å². The summed E-state index contributed by atoms with van der Waals surface area (Å²) in [6.45, 7) is 1.88. The fourth-order valence-corrected chi connectivity index (χ4v) is 3.84. The van der Waals surface area contributed by atoms with Crippen molar-refractivity contribution in [3.8, 4) is 16.6 Å². The van der Waals surface area contributed by atoms with Gasteiger partial charge < -0.3 is 20.5 Å². The molecule has 1 amide bonds. The average Bonchev–Trinajstić information content (AvgIpc) is 3.08. The lowest BCUT2D eigenvalue weighted by Gasteiger charge is -2.29. The van der Waals surface area contributed by atoms with Crippen LogP contribution in [-0.2, 0) is 0 Å². The smallest absolute Gasteiger partial charge is 0.404 e. The Balaban J connectivity index is 1.82. The molecule has 0 bridgehead atoms. The molecule has 1 fully saturated rings. The molecule has 0 unspecified atom stereocenters. The molecule has 0 saturated heterocycles. The number of carbonyl (C=O) groups is 1. The van der Waals surface area contributed by atoms with Crippen LogP contribution in [-0.4, -0.2) is 51.3 Å². The van der Waals surface area contributed by atoms with Crippen LogP contribution in [0.1, 0.15) is 31.4 Å². The molecule has 0 atom stereocenters. The molecule has 2 aromatic rings. The third-order valence-electron chi connectivity index (χ3n) is 4.32. The average molecular weight is 448 g/mol. The third-order valence-corrected chi connectivity index (χ3v) is 5.53. The molecule has 12 heteroatoms. The number of nitrogens with one attached hydrogen (secondary N) is 2. The number of hydrogen-bond acceptors (Lipinski definition) is 7. The second kappa shape index (κ2) is 9.04. The number of alkyl halides is 2. The van der Waals surface area contributed by atoms with Gasteiger partial charge in [0.05, 0.1) is 6.54 Å². The van der Waals surface area contributed by atoms with Crippen molar-refractivity contribution in [3.05, 3.63) is 16.2 Å². The zero-order chi connectivity index (χ0) is 21.0. The normalized spacial score (nSPS) is 16.4. The first-order chi connectivity index (χ1) is 13.7. The van der Waals surface area contributed by atoms with Crippen molar-refractivity contribution in [1.82, 2.24) is 20.3 Å². The number of hydrogen-bond donors (Lipinski definition) is 3. The Hall–Kier alpha value is -2.27. The number of halogens is 3. The lowest BCUT2D eigenvalue weighted by atomic mass is 9.92. The molecule has 3 rings (SSSR count). The Morgan fingerprint density at radius 3 is 2.72 bits per heavy atom. The van der Waals surface area contributed by atoms with Crippen molar-refractivity contribution >= 4 is 34.8 Å². The molecule has 1 aliphatic rings. The number of aryl methyl sites for hydroxylation is 1. The van der Waals surface area contributed by atoms with Gasteiger partial charge >= 0.3 is 6.09 Å². The van der Waals surface area contributed by atoms with Gasteiger partial charge in [-0.1, -0.05) is 11.6 Å². The molecule has 1 aliphatic carbocycles. The fourth-order valence-electron chi connectivity index (χ4n) is 2.89. The largest absolute Gasteiger partial charge is 0.485 e. The molecule has 0 aromatic carbocycles. The first kappa shape index (κ1) is 21.4. The standard InChI is InChI=1S/C17H20ClF2N5O3S/c1-9-8-29-15(22-9)14-24-12(18)11(28-7-6-21-16(26)27)13(25-14)23-10-2-4-17(19,20)5-3-10/h8,10,21H,2-7H2,1H3,(H,26,27)(H,23,24,25). The molecule has 3 N–H and O–H groups in total. The maximum Gasteiger partial charge on any atom is 0.404 e. The molecule has 1 saturated carbocycles. The monoisotopic (exact) mass is 447 g/mol. The third kappa shape index (κ3) is 5.86. The minimum Gasteiger partial charge on any atom is -0.485 e. The number of carboxylic acid groups (broad SMARTS) is 1. The summed E-state index contributed by atoms with van der Waals surface area (Å²) in [5.41, 5.74) is 0.814. The van der Waals surface area contributed by atoms with Gasteiger partial charge in [0, 0.05) is 30.0 Å². The van der Waals surface area contributed by atoms with Gasteiger partial charge in [-0.2, -0.15) is 0 Å². The van der Waals surface area contributed by atoms with E-state index in [-0.39, 0.29) is 61.6 Å². The fraction of sp³-hybridized carbons (Fsp3) is 0.529. The number of amides is 1. The summed E-state index contributed by atoms with van der Waals surface area (Å²) in [6.07, 6.45) is -1.03. The van der Waals surface area contributed by atoms with Gasteiger partial charge in [-0.3, -0.25) is 0 Å². The Bertz CT molecular complexity index is 873. The first-order valence-electron chi connectivity index (χ1n) is 8.97. The summed E-state index contributed by atoms with van der Waals surface area (Å²) in [5.74, 6) is -1.92. The highest BCUT2D eigenvalue weighted by atomic mass is 35.5. The molecule has 0 radical (unpaired) electrons. The zero-order valence-electron chi connectivity index (χ0n) is 15.5. The molecule has 0 spiro atoms. The lowest BCUT2D eigenvalue weighted by molar-refractivity contribution is -0.0361. The minimum atomic E-state index is -2.65. The van der Waals surface area contributed by atoms with E-state index >= 15 is 0 Å². The lowest BCUT2D eigenvalue weighted by Crippen LogP contribution is -2.32. The number of aromatic nitrogens is 3. The van der Waals surface area contributed by atoms with Crippen LogP contribution in [0.3, 0.4) is 0 Å². The molecule has 2 aromatic heterocycles. The molecule has 8 nitrogen and oxygen atoms in total. The van der Waals surface area contributed by atoms with Crippen molar-refractivity contribution in [3.63, 3.8) is 0 Å². The Morgan fingerprint density at radius 1 is 1.38 bits per heavy atom. The predicted octanol–water partition coefficient (Wildman–Crippen LogP) is 4.20. The second-order valence-corrected chi connectivity index (χ2v) is 7.88. The first-order valence-corrected chi connectivity index (χ1v) is 10.2. The maximum atomic E-state index is 13.5. The SMILES string of the molecule is Cc1csc(-c2nc(Cl)c(OCCNC(=O)O)c(NC3CCC(F)(F)CC3)n2)n1. The van der Waals surface area contributed by atoms with E-state index in [1.54, 1.807) is 0 Å². The van der Waals surface area contributed by atoms with E-state index in [0.29, 0.717) is 10.8 Å². The van der Waals surface area contributed by atoms with Crippen LogP contribution in [0.2, 0.25) is 5.15 Å². The quantitative estimate of drug-likeness (QED) is 0.431. The van der Waals surface area contributed by atoms with Crippen molar-refractivity contribution in [2.45, 2.75) is 44.6 Å². The summed E-state index contributed by atoms with van der Waals surface area (Å²) in [7, 11) is 0. The van der Waals surface area contributed by atoms with Crippen molar-refractivity contribution in [2.24, 2.45) is 0 Å². The predicted molar refractivity (Wildman–Crippen MR) is 105 cm³/mol. The van der Waals surface area contributed by atoms with Crippen LogP contribution >= 0.6 is 22.9 Å². The summed E-state index contributed by atoms with van der Waals surface area (Å²) in [6, 6.07) is -0.217. The van der Waals surface area contributed by atoms with Gasteiger partial charge in [-0.15, -0.1) is 11.3 Å². The Kier molecular flexibility index (Phi) is 6.68. The highest BCUT2D eigenvalue weighted by Crippen LogP contribution is 2.38. The molecule has 158 valence electrons. The maximum absolute atomic E-state index is 13.5. The van der Waals surface area contributed by atoms with E-state index in [2.05, 4.69) is 25.6 Å². The molecule has 2 heterocycles. The van der Waals surface area contributed by atoms with Gasteiger partial charge in [0.2, 0.25) is 5.92 Å². The minimum absolute atomic E-state index is 0.00248. The van der Waals surface area contributed by atoms with E-state index in [0.717, 1.165) is 5.69 Å². The van der Waals surface area contributed by atoms with Crippen LogP contribution in [0.4, 0.5) is 19.4 Å². The highest BCUT2D eigenvalue weighted by molar-refractivity contribution is 7.13. The Labute approximate surface area is 174 Å². The van der Waals surface area contributed by atoms with Gasteiger partial charge in [0.1, 0.15) is 6.61 Å². The van der Waals surface area contributed by atoms with E-state index in [4.69, 9.17) is 21.4 Å². The summed E-state index contributed by atoms with van der Waals surface area (Å²) >= 11 is 7.66. The number of thiazole rings is 1. The number of ether oxygens (including phenoxy) is 1. The van der Waals surface area contributed by atoms with Crippen molar-refractivity contribution in [2.75, 3.05) is 18.5 Å². The van der Waals surface area contributed by atoms with Crippen molar-refractivity contribution in [1.29, 1.82) is 0 Å². The van der Waals surface area contributed by atoms with E-state index in [9.17, 15) is 13.6 Å². The van der Waals surface area contributed by atoms with E-state index in [1.165, 1.54) is 11.3 Å². The van der Waals surface area contributed by atoms with Crippen LogP contribution in [0, 0.1) is 6.92 Å². The Morgan fingerprint density at radius 2 is 2.10 bits per heavy atom. The van der Waals surface area contributed by atoms with Crippen molar-refractivity contribution < 1.29 is 23.4 Å². The zero-order valence-corrected chi connectivity index (χ0v) is 17.1. The van der Waals surface area contributed by atoms with Crippen LogP contribution < -0.4 is 15.4 Å². The van der Waals surface area contributed by atoms with E-state index in [1.807, 2.05) is 12.3 Å². The van der Waals surface area contributed by atoms with Gasteiger partial charge in [-0.25, -0.2) is 28.5 Å². The molecule has 0 aliphatic heterocycles. The number of rotatable bonds is 7. The molecular formula is C17H20ClF2N5O3S. The molecule has 29 heavy (non-hydrogen) atoms. The number of nitrogens with zero attached hydrogens (tertiary/aromatic N) is 3. The van der Waals surface area contributed by atoms with Gasteiger partial charge in [0.25, 0.3) is 0 Å². The van der Waals surface area contributed by atoms with E-state index < -0.39 is 12.0 Å². The van der Waals surface area contributed by atoms with Crippen LogP contribution in [0.25, 0.3) is 10.8 Å². The summed E-state index contributed by atoms with van der Waals surface area (Å²) in [5, 5.41) is 16.4. The number of anilines is 1.